The second-order valence-corrected chi connectivity index (χ2v) is 2.96. The van der Waals surface area contributed by atoms with Crippen molar-refractivity contribution in [1.82, 2.24) is 0 Å². The van der Waals surface area contributed by atoms with Crippen molar-refractivity contribution in [2.45, 2.75) is 25.6 Å². The lowest BCUT2D eigenvalue weighted by molar-refractivity contribution is -0.131. The second kappa shape index (κ2) is 3.80. The zero-order valence-corrected chi connectivity index (χ0v) is 6.69. The summed E-state index contributed by atoms with van der Waals surface area (Å²) >= 11 is 0. The molecule has 4 heteroatoms. The molecule has 0 aromatic carbocycles. The van der Waals surface area contributed by atoms with E-state index >= 15 is 0 Å². The van der Waals surface area contributed by atoms with Crippen LogP contribution in [-0.2, 0) is 4.79 Å². The Morgan fingerprint density at radius 1 is 1.64 bits per heavy atom. The predicted octanol–water partition coefficient (Wildman–Crippen LogP) is -1.07. The number of aliphatic hydroxyl groups excluding tert-OH is 2. The third-order valence-corrected chi connectivity index (χ3v) is 1.67. The van der Waals surface area contributed by atoms with Crippen molar-refractivity contribution in [3.05, 3.63) is 0 Å². The highest BCUT2D eigenvalue weighted by Gasteiger charge is 2.33. The topological polar surface area (TPSA) is 77.8 Å². The van der Waals surface area contributed by atoms with Gasteiger partial charge in [0.25, 0.3) is 0 Å². The molecule has 0 radical (unpaired) electrons. The van der Waals surface area contributed by atoms with E-state index in [0.717, 1.165) is 0 Å². The molecule has 0 heterocycles. The molecule has 0 rings (SSSR count). The molecule has 0 fully saturated rings. The first-order valence-electron chi connectivity index (χ1n) is 3.42. The third kappa shape index (κ3) is 2.57. The fraction of sp³-hybridized carbons (Fsp3) is 0.857. The van der Waals surface area contributed by atoms with Gasteiger partial charge in [-0.2, -0.15) is 0 Å². The molecule has 3 atom stereocenters. The summed E-state index contributed by atoms with van der Waals surface area (Å²) in [5.74, 6) is -0.669. The zero-order chi connectivity index (χ0) is 9.07. The van der Waals surface area contributed by atoms with Crippen molar-refractivity contribution in [3.8, 4) is 0 Å². The summed E-state index contributed by atoms with van der Waals surface area (Å²) in [6.07, 6.45) is -0.681. The Hall–Kier alpha value is -0.450. The Morgan fingerprint density at radius 3 is 2.36 bits per heavy atom. The van der Waals surface area contributed by atoms with E-state index in [2.05, 4.69) is 0 Å². The van der Waals surface area contributed by atoms with Crippen LogP contribution in [0.4, 0.5) is 0 Å². The van der Waals surface area contributed by atoms with Gasteiger partial charge in [0.05, 0.1) is 12.7 Å². The minimum Gasteiger partial charge on any atom is -0.393 e. The van der Waals surface area contributed by atoms with Crippen molar-refractivity contribution in [2.24, 2.45) is 5.92 Å². The van der Waals surface area contributed by atoms with Crippen LogP contribution in [0.5, 0.6) is 0 Å². The fourth-order valence-electron chi connectivity index (χ4n) is 0.734. The number of carbonyl (C=O) groups is 1. The average molecular weight is 162 g/mol. The zero-order valence-electron chi connectivity index (χ0n) is 6.69. The van der Waals surface area contributed by atoms with Gasteiger partial charge in [-0.15, -0.1) is 0 Å². The minimum atomic E-state index is -1.60. The number of rotatable bonds is 4. The predicted molar refractivity (Wildman–Crippen MR) is 38.9 cm³/mol. The summed E-state index contributed by atoms with van der Waals surface area (Å²) in [7, 11) is 0. The largest absolute Gasteiger partial charge is 0.393 e. The third-order valence-electron chi connectivity index (χ3n) is 1.67. The Morgan fingerprint density at radius 2 is 2.09 bits per heavy atom. The van der Waals surface area contributed by atoms with Gasteiger partial charge < -0.3 is 20.1 Å². The first-order valence-corrected chi connectivity index (χ1v) is 3.42. The van der Waals surface area contributed by atoms with Crippen molar-refractivity contribution < 1.29 is 20.1 Å². The molecule has 11 heavy (non-hydrogen) atoms. The van der Waals surface area contributed by atoms with Crippen molar-refractivity contribution in [2.75, 3.05) is 6.61 Å². The molecule has 0 saturated heterocycles. The molecule has 3 N–H and O–H groups in total. The summed E-state index contributed by atoms with van der Waals surface area (Å²) in [5.41, 5.74) is -1.60. The molecule has 0 aliphatic rings. The van der Waals surface area contributed by atoms with Crippen LogP contribution in [0.2, 0.25) is 0 Å². The molecule has 0 amide bonds. The summed E-state index contributed by atoms with van der Waals surface area (Å²) < 4.78 is 0. The fourth-order valence-corrected chi connectivity index (χ4v) is 0.734. The molecule has 0 aromatic heterocycles. The van der Waals surface area contributed by atoms with Crippen molar-refractivity contribution in [1.29, 1.82) is 0 Å². The maximum absolute atomic E-state index is 10.2. The first-order chi connectivity index (χ1) is 4.95. The Labute approximate surface area is 65.5 Å². The van der Waals surface area contributed by atoms with Gasteiger partial charge in [-0.3, -0.25) is 0 Å². The monoisotopic (exact) mass is 162 g/mol. The first kappa shape index (κ1) is 10.6. The standard InChI is InChI=1S/C7H14O4/c1-5(3-8)6(10)7(2,11)4-9/h3,5-6,9-11H,4H2,1-2H3. The molecule has 0 saturated carbocycles. The van der Waals surface area contributed by atoms with Crippen LogP contribution in [0.3, 0.4) is 0 Å². The van der Waals surface area contributed by atoms with E-state index in [1.165, 1.54) is 13.8 Å². The van der Waals surface area contributed by atoms with Gasteiger partial charge in [0.15, 0.2) is 0 Å². The number of hydrogen-bond acceptors (Lipinski definition) is 4. The van der Waals surface area contributed by atoms with Crippen LogP contribution in [0, 0.1) is 5.92 Å². The molecular weight excluding hydrogens is 148 g/mol. The van der Waals surface area contributed by atoms with E-state index in [1.807, 2.05) is 0 Å². The lowest BCUT2D eigenvalue weighted by Crippen LogP contribution is -2.46. The van der Waals surface area contributed by atoms with E-state index in [1.54, 1.807) is 0 Å². The summed E-state index contributed by atoms with van der Waals surface area (Å²) in [5, 5.41) is 27.0. The van der Waals surface area contributed by atoms with E-state index in [0.29, 0.717) is 6.29 Å². The summed E-state index contributed by atoms with van der Waals surface area (Å²) in [6, 6.07) is 0. The smallest absolute Gasteiger partial charge is 0.125 e. The molecule has 4 nitrogen and oxygen atoms in total. The molecule has 0 spiro atoms. The maximum Gasteiger partial charge on any atom is 0.125 e. The quantitative estimate of drug-likeness (QED) is 0.460. The van der Waals surface area contributed by atoms with E-state index in [4.69, 9.17) is 5.11 Å². The van der Waals surface area contributed by atoms with E-state index in [9.17, 15) is 15.0 Å². The normalized spacial score (nSPS) is 21.9. The van der Waals surface area contributed by atoms with Gasteiger partial charge >= 0.3 is 0 Å². The Bertz CT molecular complexity index is 132. The van der Waals surface area contributed by atoms with Crippen LogP contribution in [-0.4, -0.2) is 39.9 Å². The van der Waals surface area contributed by atoms with E-state index < -0.39 is 24.2 Å². The molecule has 3 unspecified atom stereocenters. The van der Waals surface area contributed by atoms with Gasteiger partial charge in [0.1, 0.15) is 11.9 Å². The lowest BCUT2D eigenvalue weighted by Gasteiger charge is -2.28. The molecular formula is C7H14O4. The highest BCUT2D eigenvalue weighted by atomic mass is 16.4. The number of aldehydes is 1. The maximum atomic E-state index is 10.2. The minimum absolute atomic E-state index is 0.537. The highest BCUT2D eigenvalue weighted by molar-refractivity contribution is 5.54. The second-order valence-electron chi connectivity index (χ2n) is 2.96. The van der Waals surface area contributed by atoms with Crippen LogP contribution in [0.25, 0.3) is 0 Å². The van der Waals surface area contributed by atoms with Crippen molar-refractivity contribution >= 4 is 6.29 Å². The van der Waals surface area contributed by atoms with E-state index in [-0.39, 0.29) is 0 Å². The summed E-state index contributed by atoms with van der Waals surface area (Å²) in [6.45, 7) is 2.19. The summed E-state index contributed by atoms with van der Waals surface area (Å²) in [4.78, 5) is 10.2. The van der Waals surface area contributed by atoms with Gasteiger partial charge in [-0.1, -0.05) is 6.92 Å². The van der Waals surface area contributed by atoms with Crippen molar-refractivity contribution in [3.63, 3.8) is 0 Å². The van der Waals surface area contributed by atoms with Gasteiger partial charge in [0.2, 0.25) is 0 Å². The molecule has 0 aromatic rings. The van der Waals surface area contributed by atoms with Gasteiger partial charge in [-0.25, -0.2) is 0 Å². The average Bonchev–Trinajstić information content (AvgIpc) is 2.01. The Kier molecular flexibility index (Phi) is 3.65. The lowest BCUT2D eigenvalue weighted by atomic mass is 9.91. The van der Waals surface area contributed by atoms with Crippen LogP contribution in [0.15, 0.2) is 0 Å². The highest BCUT2D eigenvalue weighted by Crippen LogP contribution is 2.15. The number of carbonyl (C=O) groups excluding carboxylic acids is 1. The molecule has 0 aliphatic carbocycles. The molecule has 0 aliphatic heterocycles. The number of aliphatic hydroxyl groups is 3. The number of hydrogen-bond donors (Lipinski definition) is 3. The van der Waals surface area contributed by atoms with Crippen LogP contribution in [0.1, 0.15) is 13.8 Å². The SMILES string of the molecule is CC(C=O)C(O)C(C)(O)CO. The molecule has 0 bridgehead atoms. The van der Waals surface area contributed by atoms with Gasteiger partial charge in [0, 0.05) is 5.92 Å². The van der Waals surface area contributed by atoms with Gasteiger partial charge in [-0.05, 0) is 6.92 Å². The Balaban J connectivity index is 4.21. The van der Waals surface area contributed by atoms with Crippen LogP contribution >= 0.6 is 0 Å². The molecule has 66 valence electrons. The van der Waals surface area contributed by atoms with Crippen LogP contribution < -0.4 is 0 Å².